The van der Waals surface area contributed by atoms with Crippen molar-refractivity contribution in [2.24, 2.45) is 10.7 Å². The van der Waals surface area contributed by atoms with Crippen LogP contribution in [-0.2, 0) is 14.3 Å². The molecule has 184 valence electrons. The van der Waals surface area contributed by atoms with E-state index in [1.807, 2.05) is 79.7 Å². The highest BCUT2D eigenvalue weighted by molar-refractivity contribution is 8.00. The third-order valence-corrected chi connectivity index (χ3v) is 8.09. The van der Waals surface area contributed by atoms with Gasteiger partial charge in [-0.05, 0) is 11.1 Å². The first-order valence-corrected chi connectivity index (χ1v) is 13.2. The minimum atomic E-state index is -0.639. The Bertz CT molecular complexity index is 1280. The second-order valence-corrected chi connectivity index (χ2v) is 10.7. The summed E-state index contributed by atoms with van der Waals surface area (Å²) in [5.41, 5.74) is 8.67. The van der Waals surface area contributed by atoms with Gasteiger partial charge in [-0.3, -0.25) is 9.69 Å². The first kappa shape index (κ1) is 24.2. The van der Waals surface area contributed by atoms with Crippen molar-refractivity contribution in [2.45, 2.75) is 17.5 Å². The highest BCUT2D eigenvalue weighted by Gasteiger charge is 2.52. The van der Waals surface area contributed by atoms with Gasteiger partial charge in [0.1, 0.15) is 17.1 Å². The number of aliphatic imine (C=N–C) groups is 1. The van der Waals surface area contributed by atoms with Crippen molar-refractivity contribution >= 4 is 52.0 Å². The molecular weight excluding hydrogens is 494 g/mol. The summed E-state index contributed by atoms with van der Waals surface area (Å²) in [5, 5.41) is 0.263. The number of β-lactam (4-membered cyclic amide) rings is 1. The van der Waals surface area contributed by atoms with Crippen molar-refractivity contribution in [3.8, 4) is 0 Å². The number of hydrogen-bond acceptors (Lipinski definition) is 8. The van der Waals surface area contributed by atoms with Crippen LogP contribution in [0, 0.1) is 0 Å². The van der Waals surface area contributed by atoms with Gasteiger partial charge in [0.05, 0.1) is 11.2 Å². The van der Waals surface area contributed by atoms with E-state index in [4.69, 9.17) is 10.5 Å². The number of thiazole rings is 1. The normalized spacial score (nSPS) is 19.4. The molecule has 3 heterocycles. The molecule has 0 spiro atoms. The van der Waals surface area contributed by atoms with Gasteiger partial charge >= 0.3 is 5.97 Å². The summed E-state index contributed by atoms with van der Waals surface area (Å²) in [6.07, 6.45) is 2.72. The molecule has 1 aromatic heterocycles. The Morgan fingerprint density at radius 3 is 2.42 bits per heavy atom. The van der Waals surface area contributed by atoms with E-state index in [9.17, 15) is 9.59 Å². The van der Waals surface area contributed by atoms with Crippen LogP contribution in [0.4, 0.5) is 5.13 Å². The van der Waals surface area contributed by atoms with Gasteiger partial charge in [-0.2, -0.15) is 0 Å². The highest BCUT2D eigenvalue weighted by Crippen LogP contribution is 2.45. The van der Waals surface area contributed by atoms with Crippen molar-refractivity contribution in [1.29, 1.82) is 0 Å². The monoisotopic (exact) mass is 519 g/mol. The third kappa shape index (κ3) is 4.67. The van der Waals surface area contributed by atoms with Crippen LogP contribution in [0.5, 0.6) is 0 Å². The largest absolute Gasteiger partial charge is 0.448 e. The molecule has 0 radical (unpaired) electrons. The molecule has 2 unspecified atom stereocenters. The molecule has 36 heavy (non-hydrogen) atoms. The molecule has 0 bridgehead atoms. The van der Waals surface area contributed by atoms with Crippen LogP contribution in [0.2, 0.25) is 0 Å². The lowest BCUT2D eigenvalue weighted by atomic mass is 10.0. The van der Waals surface area contributed by atoms with Crippen LogP contribution in [0.3, 0.4) is 0 Å². The first-order chi connectivity index (χ1) is 17.4. The fourth-order valence-corrected chi connectivity index (χ4v) is 6.27. The van der Waals surface area contributed by atoms with E-state index in [0.29, 0.717) is 16.5 Å². The maximum atomic E-state index is 13.8. The minimum Gasteiger partial charge on any atom is -0.448 e. The average molecular weight is 520 g/mol. The zero-order chi connectivity index (χ0) is 25.2. The topological polar surface area (TPSA) is 101 Å². The lowest BCUT2D eigenvalue weighted by molar-refractivity contribution is -0.152. The van der Waals surface area contributed by atoms with E-state index in [1.165, 1.54) is 28.0 Å². The van der Waals surface area contributed by atoms with Crippen LogP contribution >= 0.6 is 23.1 Å². The summed E-state index contributed by atoms with van der Waals surface area (Å²) < 4.78 is 6.14. The Morgan fingerprint density at radius 2 is 1.81 bits per heavy atom. The predicted octanol–water partition coefficient (Wildman–Crippen LogP) is 3.65. The van der Waals surface area contributed by atoms with Crippen molar-refractivity contribution in [1.82, 2.24) is 14.8 Å². The number of carbonyl (C=O) groups is 2. The molecule has 3 aromatic rings. The van der Waals surface area contributed by atoms with E-state index in [2.05, 4.69) is 9.98 Å². The van der Waals surface area contributed by atoms with Crippen LogP contribution in [0.1, 0.15) is 22.1 Å². The number of aromatic nitrogens is 1. The molecule has 2 aliphatic heterocycles. The van der Waals surface area contributed by atoms with Crippen LogP contribution in [-0.4, -0.2) is 64.3 Å². The van der Waals surface area contributed by atoms with E-state index in [-0.39, 0.29) is 17.0 Å². The number of thioether (sulfide) groups is 1. The summed E-state index contributed by atoms with van der Waals surface area (Å²) in [7, 11) is 3.75. The number of fused-ring (bicyclic) bond motifs is 1. The molecule has 8 nitrogen and oxygen atoms in total. The Balaban J connectivity index is 1.54. The molecule has 1 saturated heterocycles. The Morgan fingerprint density at radius 1 is 1.17 bits per heavy atom. The van der Waals surface area contributed by atoms with Crippen molar-refractivity contribution < 1.29 is 14.3 Å². The van der Waals surface area contributed by atoms with Crippen LogP contribution in [0.25, 0.3) is 5.57 Å². The number of benzene rings is 2. The molecule has 10 heteroatoms. The van der Waals surface area contributed by atoms with Gasteiger partial charge < -0.3 is 15.4 Å². The fourth-order valence-electron chi connectivity index (χ4n) is 4.07. The molecule has 2 atom stereocenters. The second kappa shape index (κ2) is 10.3. The number of hydrogen-bond donors (Lipinski definition) is 1. The van der Waals surface area contributed by atoms with E-state index >= 15 is 0 Å². The van der Waals surface area contributed by atoms with E-state index in [1.54, 1.807) is 12.5 Å². The lowest BCUT2D eigenvalue weighted by Crippen LogP contribution is -2.68. The summed E-state index contributed by atoms with van der Waals surface area (Å²) in [4.78, 5) is 39.4. The predicted molar refractivity (Wildman–Crippen MR) is 143 cm³/mol. The third-order valence-electron chi connectivity index (χ3n) is 5.82. The highest BCUT2D eigenvalue weighted by atomic mass is 32.2. The summed E-state index contributed by atoms with van der Waals surface area (Å²) in [5.74, 6) is -0.351. The Labute approximate surface area is 217 Å². The summed E-state index contributed by atoms with van der Waals surface area (Å²) in [6.45, 7) is 0. The van der Waals surface area contributed by atoms with E-state index < -0.39 is 18.1 Å². The summed E-state index contributed by atoms with van der Waals surface area (Å²) >= 11 is 2.89. The van der Waals surface area contributed by atoms with Gasteiger partial charge in [0.15, 0.2) is 6.10 Å². The minimum absolute atomic E-state index is 0.231. The van der Waals surface area contributed by atoms with E-state index in [0.717, 1.165) is 16.0 Å². The number of amides is 1. The zero-order valence-corrected chi connectivity index (χ0v) is 21.4. The number of esters is 1. The van der Waals surface area contributed by atoms with Gasteiger partial charge in [0.25, 0.3) is 0 Å². The standard InChI is InChI=1S/C26H25N5O3S2/c1-30(2)15-29-26-28-13-19(36-26)18-14-35-24-20(27)23(32)31(24)21(18)25(33)34-22(16-9-5-3-6-10-16)17-11-7-4-8-12-17/h3-13,15,20,22,24H,14,27H2,1-2H3/b29-15+. The molecule has 0 aliphatic carbocycles. The van der Waals surface area contributed by atoms with Crippen LogP contribution < -0.4 is 5.73 Å². The number of carbonyl (C=O) groups excluding carboxylic acids is 2. The van der Waals surface area contributed by atoms with Gasteiger partial charge in [-0.15, -0.1) is 11.8 Å². The number of nitrogens with zero attached hydrogens (tertiary/aromatic N) is 4. The maximum Gasteiger partial charge on any atom is 0.356 e. The van der Waals surface area contributed by atoms with Gasteiger partial charge in [-0.25, -0.2) is 14.8 Å². The molecule has 2 aliphatic rings. The van der Waals surface area contributed by atoms with Crippen molar-refractivity contribution in [3.63, 3.8) is 0 Å². The summed E-state index contributed by atoms with van der Waals surface area (Å²) in [6, 6.07) is 18.5. The molecule has 0 saturated carbocycles. The first-order valence-electron chi connectivity index (χ1n) is 11.3. The van der Waals surface area contributed by atoms with Crippen molar-refractivity contribution in [2.75, 3.05) is 19.8 Å². The fraction of sp³-hybridized carbons (Fsp3) is 0.231. The number of rotatable bonds is 7. The lowest BCUT2D eigenvalue weighted by Gasteiger charge is -2.48. The number of nitrogens with two attached hydrogens (primary N) is 1. The van der Waals surface area contributed by atoms with Gasteiger partial charge in [-0.1, -0.05) is 72.0 Å². The van der Waals surface area contributed by atoms with Gasteiger partial charge in [0, 0.05) is 31.6 Å². The smallest absolute Gasteiger partial charge is 0.356 e. The van der Waals surface area contributed by atoms with Crippen LogP contribution in [0.15, 0.2) is 77.5 Å². The molecule has 1 fully saturated rings. The molecule has 2 N–H and O–H groups in total. The molecule has 5 rings (SSSR count). The molecular formula is C26H25N5O3S2. The average Bonchev–Trinajstić information content (AvgIpc) is 3.39. The second-order valence-electron chi connectivity index (χ2n) is 8.58. The quantitative estimate of drug-likeness (QED) is 0.220. The van der Waals surface area contributed by atoms with Gasteiger partial charge in [0.2, 0.25) is 11.0 Å². The Kier molecular flexibility index (Phi) is 6.90. The SMILES string of the molecule is CN(C)/C=N/c1ncc(C2=C(C(=O)OC(c3ccccc3)c3ccccc3)N3C(=O)C(N)C3SC2)s1. The van der Waals surface area contributed by atoms with Crippen molar-refractivity contribution in [3.05, 3.63) is 88.6 Å². The maximum absolute atomic E-state index is 13.8. The zero-order valence-electron chi connectivity index (χ0n) is 19.8. The molecule has 2 aromatic carbocycles. The Hall–Kier alpha value is -3.47. The molecule has 1 amide bonds. The number of ether oxygens (including phenoxy) is 1.